The predicted molar refractivity (Wildman–Crippen MR) is 105 cm³/mol. The smallest absolute Gasteiger partial charge is 0.238 e. The fraction of sp³-hybridized carbons (Fsp3) is 0.200. The lowest BCUT2D eigenvalue weighted by Crippen LogP contribution is -2.29. The SMILES string of the molecule is NC[C@@H](O)CS(=O)(=O)c1nc(N)ccc1-n1nnc(-c2ccccc2S(N)(=O)=O)n1. The summed E-state index contributed by atoms with van der Waals surface area (Å²) >= 11 is 0. The summed E-state index contributed by atoms with van der Waals surface area (Å²) in [6.07, 6.45) is -1.31. The number of nitrogens with zero attached hydrogens (tertiary/aromatic N) is 5. The molecule has 0 fully saturated rings. The van der Waals surface area contributed by atoms with Gasteiger partial charge in [0.15, 0.2) is 5.03 Å². The van der Waals surface area contributed by atoms with Crippen molar-refractivity contribution in [2.24, 2.45) is 10.9 Å². The Kier molecular flexibility index (Phi) is 5.82. The monoisotopic (exact) mass is 454 g/mol. The van der Waals surface area contributed by atoms with Gasteiger partial charge in [-0.25, -0.2) is 27.0 Å². The Labute approximate surface area is 171 Å². The van der Waals surface area contributed by atoms with Crippen LogP contribution < -0.4 is 16.6 Å². The third-order valence-electron chi connectivity index (χ3n) is 3.90. The van der Waals surface area contributed by atoms with Gasteiger partial charge in [-0.15, -0.1) is 15.0 Å². The Morgan fingerprint density at radius 1 is 1.10 bits per heavy atom. The van der Waals surface area contributed by atoms with E-state index in [2.05, 4.69) is 20.4 Å². The van der Waals surface area contributed by atoms with Crippen molar-refractivity contribution in [2.75, 3.05) is 18.0 Å². The number of aliphatic hydroxyl groups is 1. The van der Waals surface area contributed by atoms with Crippen LogP contribution in [0.25, 0.3) is 17.1 Å². The zero-order valence-electron chi connectivity index (χ0n) is 15.3. The van der Waals surface area contributed by atoms with E-state index in [1.165, 1.54) is 30.3 Å². The van der Waals surface area contributed by atoms with Crippen molar-refractivity contribution >= 4 is 25.7 Å². The van der Waals surface area contributed by atoms with E-state index < -0.39 is 36.7 Å². The molecule has 3 aromatic rings. The number of primary sulfonamides is 1. The van der Waals surface area contributed by atoms with E-state index in [1.54, 1.807) is 6.07 Å². The highest BCUT2D eigenvalue weighted by Crippen LogP contribution is 2.25. The molecule has 2 aromatic heterocycles. The van der Waals surface area contributed by atoms with Gasteiger partial charge >= 0.3 is 0 Å². The zero-order chi connectivity index (χ0) is 22.1. The molecule has 0 saturated carbocycles. The standard InChI is InChI=1S/C15H18N8O5S2/c16-7-9(24)8-29(25,26)15-11(5-6-13(17)19-15)23-21-14(20-22-23)10-3-1-2-4-12(10)30(18,27)28/h1-6,9,24H,7-8,16H2,(H2,17,19)(H2,18,27,28)/t9-/m1/s1. The maximum absolute atomic E-state index is 12.7. The van der Waals surface area contributed by atoms with Gasteiger partial charge in [0, 0.05) is 12.1 Å². The number of nitrogens with two attached hydrogens (primary N) is 3. The number of benzene rings is 1. The Bertz CT molecular complexity index is 1290. The van der Waals surface area contributed by atoms with Crippen molar-refractivity contribution < 1.29 is 21.9 Å². The lowest BCUT2D eigenvalue weighted by atomic mass is 10.2. The second-order valence-corrected chi connectivity index (χ2v) is 9.65. The molecule has 15 heteroatoms. The highest BCUT2D eigenvalue weighted by Gasteiger charge is 2.27. The second-order valence-electron chi connectivity index (χ2n) is 6.17. The third kappa shape index (κ3) is 4.44. The first-order chi connectivity index (χ1) is 14.0. The highest BCUT2D eigenvalue weighted by molar-refractivity contribution is 7.91. The molecule has 1 aromatic carbocycles. The largest absolute Gasteiger partial charge is 0.391 e. The van der Waals surface area contributed by atoms with E-state index in [9.17, 15) is 21.9 Å². The van der Waals surface area contributed by atoms with Crippen molar-refractivity contribution in [2.45, 2.75) is 16.0 Å². The third-order valence-corrected chi connectivity index (χ3v) is 6.59. The Hall–Kier alpha value is -2.98. The maximum Gasteiger partial charge on any atom is 0.238 e. The number of anilines is 1. The minimum Gasteiger partial charge on any atom is -0.391 e. The van der Waals surface area contributed by atoms with E-state index in [0.29, 0.717) is 0 Å². The van der Waals surface area contributed by atoms with Crippen LogP contribution in [0.1, 0.15) is 0 Å². The number of aliphatic hydroxyl groups excluding tert-OH is 1. The number of aromatic nitrogens is 5. The topological polar surface area (TPSA) is 223 Å². The fourth-order valence-electron chi connectivity index (χ4n) is 2.55. The number of tetrazole rings is 1. The minimum atomic E-state index is -4.13. The quantitative estimate of drug-likeness (QED) is 0.307. The van der Waals surface area contributed by atoms with Crippen molar-refractivity contribution in [3.8, 4) is 17.1 Å². The number of nitrogen functional groups attached to an aromatic ring is 1. The molecule has 0 aliphatic heterocycles. The molecule has 0 saturated heterocycles. The van der Waals surface area contributed by atoms with E-state index in [-0.39, 0.29) is 34.3 Å². The van der Waals surface area contributed by atoms with Crippen LogP contribution in [-0.2, 0) is 19.9 Å². The number of rotatable bonds is 7. The summed E-state index contributed by atoms with van der Waals surface area (Å²) in [4.78, 5) is 4.48. The van der Waals surface area contributed by atoms with Crippen LogP contribution in [0.5, 0.6) is 0 Å². The molecule has 30 heavy (non-hydrogen) atoms. The summed E-state index contributed by atoms with van der Waals surface area (Å²) in [6, 6.07) is 8.37. The van der Waals surface area contributed by atoms with Gasteiger partial charge < -0.3 is 16.6 Å². The molecule has 0 aliphatic carbocycles. The number of sulfonamides is 1. The van der Waals surface area contributed by atoms with Gasteiger partial charge in [-0.3, -0.25) is 0 Å². The molecule has 160 valence electrons. The minimum absolute atomic E-state index is 0.0811. The fourth-order valence-corrected chi connectivity index (χ4v) is 4.80. The first kappa shape index (κ1) is 21.7. The Morgan fingerprint density at radius 2 is 1.80 bits per heavy atom. The van der Waals surface area contributed by atoms with Gasteiger partial charge in [0.2, 0.25) is 25.7 Å². The zero-order valence-corrected chi connectivity index (χ0v) is 17.0. The van der Waals surface area contributed by atoms with Gasteiger partial charge in [0.25, 0.3) is 0 Å². The van der Waals surface area contributed by atoms with E-state index in [1.807, 2.05) is 0 Å². The summed E-state index contributed by atoms with van der Waals surface area (Å²) in [5.74, 6) is -0.885. The first-order valence-corrected chi connectivity index (χ1v) is 11.5. The Balaban J connectivity index is 2.12. The van der Waals surface area contributed by atoms with Crippen molar-refractivity contribution in [1.82, 2.24) is 25.2 Å². The Morgan fingerprint density at radius 3 is 2.47 bits per heavy atom. The molecular formula is C15H18N8O5S2. The summed E-state index contributed by atoms with van der Waals surface area (Å²) in [5.41, 5.74) is 10.9. The van der Waals surface area contributed by atoms with E-state index >= 15 is 0 Å². The van der Waals surface area contributed by atoms with Crippen molar-refractivity contribution in [1.29, 1.82) is 0 Å². The molecule has 1 atom stereocenters. The summed E-state index contributed by atoms with van der Waals surface area (Å²) in [7, 11) is -8.20. The molecule has 0 amide bonds. The van der Waals surface area contributed by atoms with Crippen LogP contribution in [0.2, 0.25) is 0 Å². The average Bonchev–Trinajstić information content (AvgIpc) is 3.16. The van der Waals surface area contributed by atoms with Crippen LogP contribution in [0.15, 0.2) is 46.3 Å². The number of pyridine rings is 1. The lowest BCUT2D eigenvalue weighted by Gasteiger charge is -2.11. The molecule has 0 spiro atoms. The number of hydrogen-bond donors (Lipinski definition) is 4. The van der Waals surface area contributed by atoms with Crippen LogP contribution in [-0.4, -0.2) is 65.5 Å². The molecule has 7 N–H and O–H groups in total. The molecule has 13 nitrogen and oxygen atoms in total. The number of sulfone groups is 1. The normalized spacial score (nSPS) is 13.3. The van der Waals surface area contributed by atoms with Gasteiger partial charge in [0.05, 0.1) is 16.8 Å². The maximum atomic E-state index is 12.7. The van der Waals surface area contributed by atoms with Crippen LogP contribution in [0.4, 0.5) is 5.82 Å². The van der Waals surface area contributed by atoms with Crippen LogP contribution in [0, 0.1) is 0 Å². The average molecular weight is 454 g/mol. The lowest BCUT2D eigenvalue weighted by molar-refractivity contribution is 0.205. The van der Waals surface area contributed by atoms with E-state index in [0.717, 1.165) is 4.80 Å². The summed E-state index contributed by atoms with van der Waals surface area (Å²) in [6.45, 7) is -0.271. The highest BCUT2D eigenvalue weighted by atomic mass is 32.2. The van der Waals surface area contributed by atoms with Gasteiger partial charge in [-0.1, -0.05) is 12.1 Å². The summed E-state index contributed by atoms with van der Waals surface area (Å²) < 4.78 is 49.0. The van der Waals surface area contributed by atoms with Gasteiger partial charge in [-0.05, 0) is 29.5 Å². The van der Waals surface area contributed by atoms with Crippen LogP contribution in [0.3, 0.4) is 0 Å². The molecule has 0 bridgehead atoms. The molecular weight excluding hydrogens is 436 g/mol. The predicted octanol–water partition coefficient (Wildman–Crippen LogP) is -1.95. The summed E-state index contributed by atoms with van der Waals surface area (Å²) in [5, 5.41) is 26.1. The molecule has 3 rings (SSSR count). The molecule has 0 aliphatic rings. The number of hydrogen-bond acceptors (Lipinski definition) is 11. The van der Waals surface area contributed by atoms with Gasteiger partial charge in [0.1, 0.15) is 11.5 Å². The van der Waals surface area contributed by atoms with Crippen molar-refractivity contribution in [3.05, 3.63) is 36.4 Å². The molecule has 0 unspecified atom stereocenters. The van der Waals surface area contributed by atoms with Crippen LogP contribution >= 0.6 is 0 Å². The van der Waals surface area contributed by atoms with Crippen molar-refractivity contribution in [3.63, 3.8) is 0 Å². The second kappa shape index (κ2) is 8.04. The molecule has 0 radical (unpaired) electrons. The first-order valence-electron chi connectivity index (χ1n) is 8.33. The molecule has 2 heterocycles. The van der Waals surface area contributed by atoms with Gasteiger partial charge in [-0.2, -0.15) is 0 Å². The van der Waals surface area contributed by atoms with E-state index in [4.69, 9.17) is 16.6 Å².